The average molecular weight is 348 g/mol. The highest BCUT2D eigenvalue weighted by Gasteiger charge is 2.40. The molecule has 24 heavy (non-hydrogen) atoms. The Balaban J connectivity index is 1.61. The molecule has 0 bridgehead atoms. The molecule has 2 unspecified atom stereocenters. The summed E-state index contributed by atoms with van der Waals surface area (Å²) in [5, 5.41) is 0. The summed E-state index contributed by atoms with van der Waals surface area (Å²) in [6.45, 7) is 0.699. The van der Waals surface area contributed by atoms with Gasteiger partial charge in [0.15, 0.2) is 0 Å². The average Bonchev–Trinajstić information content (AvgIpc) is 3.28. The van der Waals surface area contributed by atoms with E-state index in [9.17, 15) is 14.4 Å². The van der Waals surface area contributed by atoms with Crippen LogP contribution in [-0.4, -0.2) is 58.3 Å². The second-order valence-electron chi connectivity index (χ2n) is 5.90. The minimum absolute atomic E-state index is 0.147. The molecular formula is C17H20N2O4S. The summed E-state index contributed by atoms with van der Waals surface area (Å²) in [6, 6.07) is 8.54. The van der Waals surface area contributed by atoms with Crippen molar-refractivity contribution in [1.82, 2.24) is 9.80 Å². The van der Waals surface area contributed by atoms with E-state index in [-0.39, 0.29) is 18.6 Å². The van der Waals surface area contributed by atoms with Gasteiger partial charge in [-0.3, -0.25) is 9.69 Å². The molecule has 0 aromatic heterocycles. The first-order valence-electron chi connectivity index (χ1n) is 8.01. The van der Waals surface area contributed by atoms with E-state index in [0.29, 0.717) is 24.6 Å². The van der Waals surface area contributed by atoms with E-state index in [1.807, 2.05) is 30.3 Å². The molecule has 1 aromatic carbocycles. The van der Waals surface area contributed by atoms with Crippen LogP contribution in [0.25, 0.3) is 0 Å². The fraction of sp³-hybridized carbons (Fsp3) is 0.471. The highest BCUT2D eigenvalue weighted by Crippen LogP contribution is 2.26. The lowest BCUT2D eigenvalue weighted by atomic mass is 10.2. The van der Waals surface area contributed by atoms with Crippen molar-refractivity contribution in [2.45, 2.75) is 31.5 Å². The summed E-state index contributed by atoms with van der Waals surface area (Å²) >= 11 is 1.56. The molecule has 0 saturated carbocycles. The van der Waals surface area contributed by atoms with Crippen molar-refractivity contribution in [2.24, 2.45) is 0 Å². The highest BCUT2D eigenvalue weighted by atomic mass is 32.2. The molecule has 0 spiro atoms. The van der Waals surface area contributed by atoms with Crippen LogP contribution in [0.3, 0.4) is 0 Å². The van der Waals surface area contributed by atoms with Gasteiger partial charge >= 0.3 is 6.09 Å². The van der Waals surface area contributed by atoms with Crippen LogP contribution < -0.4 is 0 Å². The zero-order valence-electron chi connectivity index (χ0n) is 13.3. The smallest absolute Gasteiger partial charge is 0.410 e. The van der Waals surface area contributed by atoms with Gasteiger partial charge in [-0.05, 0) is 18.4 Å². The van der Waals surface area contributed by atoms with Crippen LogP contribution in [0.15, 0.2) is 30.3 Å². The SMILES string of the molecule is O=CC1CSCN1C(=O)C1CCCN1C(=O)OCc1ccccc1. The summed E-state index contributed by atoms with van der Waals surface area (Å²) < 4.78 is 5.35. The molecule has 7 heteroatoms. The Morgan fingerprint density at radius 3 is 2.79 bits per heavy atom. The van der Waals surface area contributed by atoms with Crippen molar-refractivity contribution in [3.05, 3.63) is 35.9 Å². The summed E-state index contributed by atoms with van der Waals surface area (Å²) in [4.78, 5) is 39.2. The summed E-state index contributed by atoms with van der Waals surface area (Å²) in [6.07, 6.45) is 1.73. The number of benzene rings is 1. The number of aldehydes is 1. The molecular weight excluding hydrogens is 328 g/mol. The first kappa shape index (κ1) is 16.8. The second-order valence-corrected chi connectivity index (χ2v) is 6.90. The Hall–Kier alpha value is -2.02. The Kier molecular flexibility index (Phi) is 5.40. The molecule has 2 amide bonds. The Bertz CT molecular complexity index is 610. The van der Waals surface area contributed by atoms with Crippen LogP contribution in [0.2, 0.25) is 0 Å². The number of likely N-dealkylation sites (tertiary alicyclic amines) is 1. The zero-order chi connectivity index (χ0) is 16.9. The van der Waals surface area contributed by atoms with Crippen LogP contribution in [0, 0.1) is 0 Å². The number of carbonyl (C=O) groups excluding carboxylic acids is 3. The number of hydrogen-bond acceptors (Lipinski definition) is 5. The standard InChI is InChI=1S/C17H20N2O4S/c20-9-14-11-24-12-19(14)16(21)15-7-4-8-18(15)17(22)23-10-13-5-2-1-3-6-13/h1-3,5-6,9,14-15H,4,7-8,10-12H2. The maximum Gasteiger partial charge on any atom is 0.410 e. The summed E-state index contributed by atoms with van der Waals surface area (Å²) in [7, 11) is 0. The van der Waals surface area contributed by atoms with E-state index < -0.39 is 12.1 Å². The van der Waals surface area contributed by atoms with Gasteiger partial charge in [0.2, 0.25) is 5.91 Å². The molecule has 0 radical (unpaired) electrons. The van der Waals surface area contributed by atoms with Gasteiger partial charge < -0.3 is 14.4 Å². The van der Waals surface area contributed by atoms with Gasteiger partial charge in [-0.15, -0.1) is 11.8 Å². The molecule has 2 saturated heterocycles. The number of thioether (sulfide) groups is 1. The zero-order valence-corrected chi connectivity index (χ0v) is 14.1. The predicted octanol–water partition coefficient (Wildman–Crippen LogP) is 1.89. The van der Waals surface area contributed by atoms with Crippen LogP contribution in [0.4, 0.5) is 4.79 Å². The number of hydrogen-bond donors (Lipinski definition) is 0. The monoisotopic (exact) mass is 348 g/mol. The van der Waals surface area contributed by atoms with E-state index in [1.54, 1.807) is 16.7 Å². The molecule has 2 aliphatic rings. The second kappa shape index (κ2) is 7.70. The van der Waals surface area contributed by atoms with Gasteiger partial charge in [-0.1, -0.05) is 30.3 Å². The van der Waals surface area contributed by atoms with Crippen LogP contribution in [0.1, 0.15) is 18.4 Å². The molecule has 2 fully saturated rings. The van der Waals surface area contributed by atoms with Crippen molar-refractivity contribution in [3.63, 3.8) is 0 Å². The lowest BCUT2D eigenvalue weighted by Crippen LogP contribution is -2.50. The first-order valence-corrected chi connectivity index (χ1v) is 9.17. The molecule has 0 N–H and O–H groups in total. The fourth-order valence-corrected chi connectivity index (χ4v) is 4.15. The molecule has 2 aliphatic heterocycles. The molecule has 1 aromatic rings. The van der Waals surface area contributed by atoms with Gasteiger partial charge in [0.1, 0.15) is 18.9 Å². The van der Waals surface area contributed by atoms with Gasteiger partial charge in [0.25, 0.3) is 0 Å². The number of amides is 2. The Morgan fingerprint density at radius 1 is 1.25 bits per heavy atom. The lowest BCUT2D eigenvalue weighted by molar-refractivity contribution is -0.138. The van der Waals surface area contributed by atoms with E-state index in [1.165, 1.54) is 4.90 Å². The van der Waals surface area contributed by atoms with Crippen molar-refractivity contribution in [1.29, 1.82) is 0 Å². The fourth-order valence-electron chi connectivity index (χ4n) is 3.03. The van der Waals surface area contributed by atoms with Crippen molar-refractivity contribution in [3.8, 4) is 0 Å². The maximum absolute atomic E-state index is 12.7. The Morgan fingerprint density at radius 2 is 2.04 bits per heavy atom. The van der Waals surface area contributed by atoms with Crippen LogP contribution >= 0.6 is 11.8 Å². The maximum atomic E-state index is 12.7. The van der Waals surface area contributed by atoms with Gasteiger partial charge in [0, 0.05) is 12.3 Å². The van der Waals surface area contributed by atoms with E-state index in [4.69, 9.17) is 4.74 Å². The van der Waals surface area contributed by atoms with Gasteiger partial charge in [0.05, 0.1) is 11.9 Å². The number of rotatable bonds is 4. The first-order chi connectivity index (χ1) is 11.7. The van der Waals surface area contributed by atoms with E-state index in [0.717, 1.165) is 18.3 Å². The van der Waals surface area contributed by atoms with Gasteiger partial charge in [-0.25, -0.2) is 4.79 Å². The lowest BCUT2D eigenvalue weighted by Gasteiger charge is -2.28. The molecule has 0 aliphatic carbocycles. The number of ether oxygens (including phenoxy) is 1. The van der Waals surface area contributed by atoms with E-state index in [2.05, 4.69) is 0 Å². The van der Waals surface area contributed by atoms with Gasteiger partial charge in [-0.2, -0.15) is 0 Å². The molecule has 3 rings (SSSR count). The van der Waals surface area contributed by atoms with Crippen molar-refractivity contribution < 1.29 is 19.1 Å². The predicted molar refractivity (Wildman–Crippen MR) is 90.4 cm³/mol. The van der Waals surface area contributed by atoms with Crippen molar-refractivity contribution in [2.75, 3.05) is 18.2 Å². The molecule has 2 atom stereocenters. The van der Waals surface area contributed by atoms with Crippen molar-refractivity contribution >= 4 is 30.0 Å². The minimum Gasteiger partial charge on any atom is -0.445 e. The summed E-state index contributed by atoms with van der Waals surface area (Å²) in [5.41, 5.74) is 0.907. The number of carbonyl (C=O) groups is 3. The third kappa shape index (κ3) is 3.56. The largest absolute Gasteiger partial charge is 0.445 e. The quantitative estimate of drug-likeness (QED) is 0.778. The molecule has 128 valence electrons. The van der Waals surface area contributed by atoms with Crippen LogP contribution in [-0.2, 0) is 20.9 Å². The summed E-state index contributed by atoms with van der Waals surface area (Å²) in [5.74, 6) is 0.984. The molecule has 2 heterocycles. The van der Waals surface area contributed by atoms with E-state index >= 15 is 0 Å². The third-order valence-corrected chi connectivity index (χ3v) is 5.37. The third-order valence-electron chi connectivity index (χ3n) is 4.34. The van der Waals surface area contributed by atoms with Crippen LogP contribution in [0.5, 0.6) is 0 Å². The number of nitrogens with zero attached hydrogens (tertiary/aromatic N) is 2. The normalized spacial score (nSPS) is 23.3. The topological polar surface area (TPSA) is 66.9 Å². The minimum atomic E-state index is -0.519. The molecule has 6 nitrogen and oxygen atoms in total. The highest BCUT2D eigenvalue weighted by molar-refractivity contribution is 7.99. The Labute approximate surface area is 145 Å².